The van der Waals surface area contributed by atoms with E-state index in [0.29, 0.717) is 6.54 Å². The van der Waals surface area contributed by atoms with Crippen molar-refractivity contribution in [3.05, 3.63) is 89.2 Å². The highest BCUT2D eigenvalue weighted by Crippen LogP contribution is 2.55. The van der Waals surface area contributed by atoms with Crippen LogP contribution >= 0.6 is 0 Å². The van der Waals surface area contributed by atoms with E-state index in [0.717, 1.165) is 97.9 Å². The summed E-state index contributed by atoms with van der Waals surface area (Å²) in [6.45, 7) is 7.06. The summed E-state index contributed by atoms with van der Waals surface area (Å²) in [5.41, 5.74) is 3.97. The monoisotopic (exact) mass is 666 g/mol. The number of nitrogens with one attached hydrogen (secondary N) is 2. The smallest absolute Gasteiger partial charge is 0.315 e. The minimum atomic E-state index is -0.524. The molecule has 260 valence electrons. The van der Waals surface area contributed by atoms with Crippen molar-refractivity contribution in [3.8, 4) is 0 Å². The molecule has 0 spiro atoms. The minimum absolute atomic E-state index is 0.00484. The number of piperazine rings is 1. The van der Waals surface area contributed by atoms with Gasteiger partial charge in [-0.2, -0.15) is 0 Å². The molecule has 2 saturated heterocycles. The van der Waals surface area contributed by atoms with Gasteiger partial charge in [-0.25, -0.2) is 14.8 Å². The molecule has 49 heavy (non-hydrogen) atoms. The Morgan fingerprint density at radius 1 is 0.857 bits per heavy atom. The predicted octanol–water partition coefficient (Wildman–Crippen LogP) is 5.35. The maximum atomic E-state index is 13.1. The van der Waals surface area contributed by atoms with Crippen LogP contribution in [0, 0.1) is 23.7 Å². The van der Waals surface area contributed by atoms with Crippen LogP contribution in [-0.4, -0.2) is 70.4 Å². The number of urea groups is 1. The largest absolute Gasteiger partial charge is 0.392 e. The Bertz CT molecular complexity index is 1530. The standard InChI is InChI=1S/C39H50N6O4/c1-26-34(24-44-13-15-45(16-14-44)37-40-11-2-12-41-37)48-36(49-35(26)32-7-5-28(25-46)6-8-32)33-9-3-27(4-10-33)23-42-38(47)43-39-20-29-17-30(21-39)19-31(18-29)22-39/h2-12,26,29-31,34-36,46H,13-25H2,1H3,(H2,42,43,47). The number of carbonyl (C=O) groups is 1. The van der Waals surface area contributed by atoms with Crippen LogP contribution in [0.25, 0.3) is 0 Å². The minimum Gasteiger partial charge on any atom is -0.392 e. The van der Waals surface area contributed by atoms with E-state index in [4.69, 9.17) is 9.47 Å². The first kappa shape index (κ1) is 32.6. The molecule has 4 aliphatic carbocycles. The van der Waals surface area contributed by atoms with Gasteiger partial charge in [-0.1, -0.05) is 55.5 Å². The summed E-state index contributed by atoms with van der Waals surface area (Å²) in [6, 6.07) is 18.1. The highest BCUT2D eigenvalue weighted by molar-refractivity contribution is 5.75. The van der Waals surface area contributed by atoms with Crippen molar-refractivity contribution in [1.82, 2.24) is 25.5 Å². The van der Waals surface area contributed by atoms with E-state index < -0.39 is 6.29 Å². The van der Waals surface area contributed by atoms with Crippen LogP contribution in [0.3, 0.4) is 0 Å². The highest BCUT2D eigenvalue weighted by atomic mass is 16.7. The summed E-state index contributed by atoms with van der Waals surface area (Å²) < 4.78 is 13.4. The molecule has 4 bridgehead atoms. The Hall–Kier alpha value is -3.57. The fourth-order valence-electron chi connectivity index (χ4n) is 9.69. The fourth-order valence-corrected chi connectivity index (χ4v) is 9.69. The lowest BCUT2D eigenvalue weighted by molar-refractivity contribution is -0.276. The second-order valence-electron chi connectivity index (χ2n) is 15.4. The molecule has 3 aromatic rings. The first-order chi connectivity index (χ1) is 23.9. The van der Waals surface area contributed by atoms with Crippen molar-refractivity contribution < 1.29 is 19.4 Å². The molecule has 2 amide bonds. The van der Waals surface area contributed by atoms with Crippen LogP contribution in [0.2, 0.25) is 0 Å². The Labute approximate surface area is 289 Å². The fraction of sp³-hybridized carbons (Fsp3) is 0.564. The predicted molar refractivity (Wildman–Crippen MR) is 186 cm³/mol. The molecule has 4 saturated carbocycles. The molecule has 9 rings (SSSR count). The highest BCUT2D eigenvalue weighted by Gasteiger charge is 2.51. The van der Waals surface area contributed by atoms with E-state index in [2.05, 4.69) is 73.7 Å². The number of aliphatic hydroxyl groups excluding tert-OH is 1. The van der Waals surface area contributed by atoms with Crippen molar-refractivity contribution in [2.45, 2.75) is 82.6 Å². The van der Waals surface area contributed by atoms with Gasteiger partial charge in [0.15, 0.2) is 6.29 Å². The number of nitrogens with zero attached hydrogens (tertiary/aromatic N) is 4. The third-order valence-corrected chi connectivity index (χ3v) is 11.9. The molecule has 2 aromatic carbocycles. The Morgan fingerprint density at radius 2 is 1.47 bits per heavy atom. The van der Waals surface area contributed by atoms with E-state index in [1.165, 1.54) is 19.3 Å². The number of benzene rings is 2. The van der Waals surface area contributed by atoms with Crippen LogP contribution in [0.15, 0.2) is 67.0 Å². The first-order valence-electron chi connectivity index (χ1n) is 18.3. The zero-order chi connectivity index (χ0) is 33.4. The summed E-state index contributed by atoms with van der Waals surface area (Å²) in [7, 11) is 0. The maximum absolute atomic E-state index is 13.1. The van der Waals surface area contributed by atoms with Gasteiger partial charge >= 0.3 is 6.03 Å². The molecule has 0 radical (unpaired) electrons. The topological polar surface area (TPSA) is 112 Å². The van der Waals surface area contributed by atoms with Gasteiger partial charge in [-0.15, -0.1) is 0 Å². The SMILES string of the molecule is CC1C(CN2CCN(c3ncccn3)CC2)OC(c2ccc(CNC(=O)NC34CC5CC(CC(C5)C3)C4)cc2)OC1c1ccc(CO)cc1. The Kier molecular flexibility index (Phi) is 9.31. The van der Waals surface area contributed by atoms with E-state index in [1.54, 1.807) is 12.4 Å². The number of ether oxygens (including phenoxy) is 2. The molecule has 1 aromatic heterocycles. The zero-order valence-electron chi connectivity index (χ0n) is 28.5. The summed E-state index contributed by atoms with van der Waals surface area (Å²) in [4.78, 5) is 26.6. The van der Waals surface area contributed by atoms with E-state index >= 15 is 0 Å². The van der Waals surface area contributed by atoms with Crippen LogP contribution in [0.5, 0.6) is 0 Å². The van der Waals surface area contributed by atoms with Gasteiger partial charge < -0.3 is 30.1 Å². The molecular weight excluding hydrogens is 616 g/mol. The van der Waals surface area contributed by atoms with Gasteiger partial charge in [0.25, 0.3) is 0 Å². The summed E-state index contributed by atoms with van der Waals surface area (Å²) in [6.07, 6.45) is 10.4. The molecule has 4 atom stereocenters. The Morgan fingerprint density at radius 3 is 2.10 bits per heavy atom. The molecule has 4 unspecified atom stereocenters. The quantitative estimate of drug-likeness (QED) is 0.280. The number of amides is 2. The average molecular weight is 667 g/mol. The van der Waals surface area contributed by atoms with Gasteiger partial charge in [-0.3, -0.25) is 4.90 Å². The van der Waals surface area contributed by atoms with E-state index in [-0.39, 0.29) is 36.3 Å². The number of rotatable bonds is 9. The van der Waals surface area contributed by atoms with Crippen molar-refractivity contribution in [2.75, 3.05) is 37.6 Å². The zero-order valence-corrected chi connectivity index (χ0v) is 28.5. The molecule has 6 aliphatic rings. The maximum Gasteiger partial charge on any atom is 0.315 e. The molecule has 3 heterocycles. The second kappa shape index (κ2) is 14.0. The average Bonchev–Trinajstić information content (AvgIpc) is 3.12. The summed E-state index contributed by atoms with van der Waals surface area (Å²) in [5.74, 6) is 3.29. The Balaban J connectivity index is 0.913. The van der Waals surface area contributed by atoms with Crippen LogP contribution in [-0.2, 0) is 22.6 Å². The van der Waals surface area contributed by atoms with Crippen molar-refractivity contribution in [2.24, 2.45) is 23.7 Å². The molecule has 10 nitrogen and oxygen atoms in total. The lowest BCUT2D eigenvalue weighted by atomic mass is 9.53. The summed E-state index contributed by atoms with van der Waals surface area (Å²) >= 11 is 0. The molecular formula is C39H50N6O4. The van der Waals surface area contributed by atoms with Gasteiger partial charge in [0.2, 0.25) is 5.95 Å². The number of aromatic nitrogens is 2. The van der Waals surface area contributed by atoms with Gasteiger partial charge in [0, 0.05) is 68.7 Å². The lowest BCUT2D eigenvalue weighted by Gasteiger charge is -2.56. The van der Waals surface area contributed by atoms with Gasteiger partial charge in [0.1, 0.15) is 0 Å². The normalized spacial score (nSPS) is 32.6. The van der Waals surface area contributed by atoms with Crippen molar-refractivity contribution in [1.29, 1.82) is 0 Å². The van der Waals surface area contributed by atoms with Crippen molar-refractivity contribution >= 4 is 12.0 Å². The number of hydrogen-bond acceptors (Lipinski definition) is 8. The van der Waals surface area contributed by atoms with Crippen LogP contribution in [0.4, 0.5) is 10.7 Å². The van der Waals surface area contributed by atoms with Crippen molar-refractivity contribution in [3.63, 3.8) is 0 Å². The molecule has 2 aliphatic heterocycles. The second-order valence-corrected chi connectivity index (χ2v) is 15.4. The number of anilines is 1. The third-order valence-electron chi connectivity index (χ3n) is 11.9. The van der Waals surface area contributed by atoms with E-state index in [1.807, 2.05) is 18.2 Å². The lowest BCUT2D eigenvalue weighted by Crippen LogP contribution is -2.61. The number of aliphatic hydroxyl groups is 1. The molecule has 6 fully saturated rings. The third kappa shape index (κ3) is 7.20. The van der Waals surface area contributed by atoms with Crippen LogP contribution < -0.4 is 15.5 Å². The summed E-state index contributed by atoms with van der Waals surface area (Å²) in [5, 5.41) is 16.2. The van der Waals surface area contributed by atoms with E-state index in [9.17, 15) is 9.90 Å². The van der Waals surface area contributed by atoms with Gasteiger partial charge in [-0.05, 0) is 79.0 Å². The molecule has 3 N–H and O–H groups in total. The van der Waals surface area contributed by atoms with Crippen LogP contribution in [0.1, 0.15) is 80.1 Å². The molecule has 10 heteroatoms. The first-order valence-corrected chi connectivity index (χ1v) is 18.3. The van der Waals surface area contributed by atoms with Gasteiger partial charge in [0.05, 0.1) is 18.8 Å². The number of carbonyl (C=O) groups excluding carboxylic acids is 1. The number of hydrogen-bond donors (Lipinski definition) is 3.